The van der Waals surface area contributed by atoms with Crippen molar-refractivity contribution in [3.05, 3.63) is 89.7 Å². The number of nitrogens with zero attached hydrogens (tertiary/aromatic N) is 2. The van der Waals surface area contributed by atoms with Gasteiger partial charge in [0.2, 0.25) is 11.8 Å². The fourth-order valence-corrected chi connectivity index (χ4v) is 5.81. The lowest BCUT2D eigenvalue weighted by Gasteiger charge is -2.34. The van der Waals surface area contributed by atoms with Crippen molar-refractivity contribution < 1.29 is 27.1 Å². The highest BCUT2D eigenvalue weighted by molar-refractivity contribution is 7.92. The Morgan fingerprint density at radius 1 is 0.929 bits per heavy atom. The van der Waals surface area contributed by atoms with Gasteiger partial charge >= 0.3 is 0 Å². The zero-order valence-electron chi connectivity index (χ0n) is 25.1. The number of carbonyl (C=O) groups excluding carboxylic acids is 2. The monoisotopic (exact) mass is 597 g/mol. The van der Waals surface area contributed by atoms with E-state index in [0.717, 1.165) is 27.6 Å². The largest absolute Gasteiger partial charge is 0.494 e. The summed E-state index contributed by atoms with van der Waals surface area (Å²) in [4.78, 5) is 28.8. The average molecular weight is 598 g/mol. The minimum Gasteiger partial charge on any atom is -0.494 e. The maximum atomic E-state index is 14.1. The molecule has 0 saturated carbocycles. The maximum absolute atomic E-state index is 14.1. The molecule has 226 valence electrons. The number of anilines is 1. The van der Waals surface area contributed by atoms with E-state index in [1.165, 1.54) is 41.3 Å². The van der Waals surface area contributed by atoms with Crippen LogP contribution in [0.25, 0.3) is 0 Å². The summed E-state index contributed by atoms with van der Waals surface area (Å²) in [5.74, 6) is -0.964. The summed E-state index contributed by atoms with van der Waals surface area (Å²) < 4.78 is 48.1. The van der Waals surface area contributed by atoms with Crippen LogP contribution >= 0.6 is 0 Å². The highest BCUT2D eigenvalue weighted by Gasteiger charge is 2.34. The third-order valence-corrected chi connectivity index (χ3v) is 8.26. The molecule has 0 spiro atoms. The summed E-state index contributed by atoms with van der Waals surface area (Å²) in [5, 5.41) is 2.95. The summed E-state index contributed by atoms with van der Waals surface area (Å²) in [5.41, 5.74) is 1.40. The summed E-state index contributed by atoms with van der Waals surface area (Å²) >= 11 is 0. The van der Waals surface area contributed by atoms with Crippen molar-refractivity contribution in [3.63, 3.8) is 0 Å². The molecular weight excluding hydrogens is 557 g/mol. The van der Waals surface area contributed by atoms with E-state index in [-0.39, 0.29) is 23.0 Å². The van der Waals surface area contributed by atoms with Crippen LogP contribution in [0.4, 0.5) is 10.1 Å². The van der Waals surface area contributed by atoms with Crippen LogP contribution in [0.5, 0.6) is 5.75 Å². The van der Waals surface area contributed by atoms with Gasteiger partial charge in [0, 0.05) is 12.1 Å². The third-order valence-electron chi connectivity index (χ3n) is 6.47. The first kappa shape index (κ1) is 32.6. The molecule has 0 bridgehead atoms. The molecule has 0 fully saturated rings. The van der Waals surface area contributed by atoms with E-state index in [0.29, 0.717) is 18.8 Å². The van der Waals surface area contributed by atoms with Crippen molar-refractivity contribution in [3.8, 4) is 5.75 Å². The van der Waals surface area contributed by atoms with E-state index in [1.807, 2.05) is 58.9 Å². The highest BCUT2D eigenvalue weighted by atomic mass is 32.2. The van der Waals surface area contributed by atoms with E-state index in [2.05, 4.69) is 5.32 Å². The first-order valence-electron chi connectivity index (χ1n) is 13.9. The number of rotatable bonds is 12. The van der Waals surface area contributed by atoms with Gasteiger partial charge in [0.05, 0.1) is 17.2 Å². The number of carbonyl (C=O) groups is 2. The molecule has 0 unspecified atom stereocenters. The zero-order valence-corrected chi connectivity index (χ0v) is 25.9. The Morgan fingerprint density at radius 2 is 1.52 bits per heavy atom. The van der Waals surface area contributed by atoms with E-state index in [1.54, 1.807) is 6.92 Å². The smallest absolute Gasteiger partial charge is 0.264 e. The second kappa shape index (κ2) is 13.8. The van der Waals surface area contributed by atoms with Gasteiger partial charge in [0.1, 0.15) is 24.2 Å². The molecule has 0 aliphatic rings. The van der Waals surface area contributed by atoms with E-state index in [9.17, 15) is 22.4 Å². The van der Waals surface area contributed by atoms with Crippen LogP contribution in [0.15, 0.2) is 77.7 Å². The van der Waals surface area contributed by atoms with Crippen LogP contribution in [-0.4, -0.2) is 49.9 Å². The summed E-state index contributed by atoms with van der Waals surface area (Å²) in [6, 6.07) is 17.5. The van der Waals surface area contributed by atoms with Crippen LogP contribution in [0, 0.1) is 12.7 Å². The third kappa shape index (κ3) is 8.55. The number of benzene rings is 3. The fourth-order valence-electron chi connectivity index (χ4n) is 4.40. The van der Waals surface area contributed by atoms with Crippen LogP contribution in [-0.2, 0) is 26.2 Å². The topological polar surface area (TPSA) is 96.0 Å². The molecule has 0 radical (unpaired) electrons. The Hall–Kier alpha value is -3.92. The number of halogens is 1. The standard InChI is InChI=1S/C32H40FN3O5S/c1-7-29(31(38)34-32(4,5)6)35(21-24-11-9-23(3)10-12-24)30(37)22-36(26-15-13-25(33)14-16-26)42(39,40)28-19-17-27(18-20-28)41-8-2/h9-20,29H,7-8,21-22H2,1-6H3,(H,34,38)/t29-/m0/s1. The molecule has 0 aliphatic carbocycles. The number of hydrogen-bond donors (Lipinski definition) is 1. The van der Waals surface area contributed by atoms with Crippen molar-refractivity contribution in [2.45, 2.75) is 71.0 Å². The van der Waals surface area contributed by atoms with Crippen molar-refractivity contribution in [2.75, 3.05) is 17.5 Å². The quantitative estimate of drug-likeness (QED) is 0.300. The molecule has 3 rings (SSSR count). The number of ether oxygens (including phenoxy) is 1. The number of amides is 2. The first-order chi connectivity index (χ1) is 19.7. The second-order valence-electron chi connectivity index (χ2n) is 11.1. The van der Waals surface area contributed by atoms with Crippen LogP contribution < -0.4 is 14.4 Å². The SMILES string of the molecule is CCOc1ccc(S(=O)(=O)N(CC(=O)N(Cc2ccc(C)cc2)[C@@H](CC)C(=O)NC(C)(C)C)c2ccc(F)cc2)cc1. The van der Waals surface area contributed by atoms with E-state index < -0.39 is 39.9 Å². The van der Waals surface area contributed by atoms with Gasteiger partial charge in [-0.05, 0) is 95.1 Å². The minimum atomic E-state index is -4.28. The molecule has 0 saturated heterocycles. The minimum absolute atomic E-state index is 0.0642. The Bertz CT molecular complexity index is 1450. The van der Waals surface area contributed by atoms with Crippen molar-refractivity contribution in [2.24, 2.45) is 0 Å². The van der Waals surface area contributed by atoms with Crippen LogP contribution in [0.3, 0.4) is 0 Å². The molecular formula is C32H40FN3O5S. The highest BCUT2D eigenvalue weighted by Crippen LogP contribution is 2.26. The predicted molar refractivity (Wildman–Crippen MR) is 162 cm³/mol. The first-order valence-corrected chi connectivity index (χ1v) is 15.4. The fraction of sp³-hybridized carbons (Fsp3) is 0.375. The number of sulfonamides is 1. The van der Waals surface area contributed by atoms with Crippen molar-refractivity contribution in [1.29, 1.82) is 0 Å². The zero-order chi connectivity index (χ0) is 31.1. The average Bonchev–Trinajstić information content (AvgIpc) is 2.92. The molecule has 42 heavy (non-hydrogen) atoms. The Kier molecular flexibility index (Phi) is 10.7. The van der Waals surface area contributed by atoms with Crippen LogP contribution in [0.2, 0.25) is 0 Å². The van der Waals surface area contributed by atoms with E-state index >= 15 is 0 Å². The van der Waals surface area contributed by atoms with Gasteiger partial charge in [-0.2, -0.15) is 0 Å². The van der Waals surface area contributed by atoms with Gasteiger partial charge in [-0.3, -0.25) is 13.9 Å². The molecule has 3 aromatic carbocycles. The molecule has 3 aromatic rings. The van der Waals surface area contributed by atoms with E-state index in [4.69, 9.17) is 4.74 Å². The summed E-state index contributed by atoms with van der Waals surface area (Å²) in [6.45, 7) is 11.0. The lowest BCUT2D eigenvalue weighted by molar-refractivity contribution is -0.141. The molecule has 10 heteroatoms. The predicted octanol–water partition coefficient (Wildman–Crippen LogP) is 5.45. The summed E-state index contributed by atoms with van der Waals surface area (Å²) in [7, 11) is -4.28. The molecule has 8 nitrogen and oxygen atoms in total. The normalized spacial score (nSPS) is 12.4. The molecule has 1 N–H and O–H groups in total. The van der Waals surface area contributed by atoms with Gasteiger partial charge in [-0.15, -0.1) is 0 Å². The second-order valence-corrected chi connectivity index (χ2v) is 12.9. The lowest BCUT2D eigenvalue weighted by Crippen LogP contribution is -2.55. The number of hydrogen-bond acceptors (Lipinski definition) is 5. The Morgan fingerprint density at radius 3 is 2.05 bits per heavy atom. The molecule has 0 aromatic heterocycles. The molecule has 0 heterocycles. The van der Waals surface area contributed by atoms with Crippen molar-refractivity contribution >= 4 is 27.5 Å². The molecule has 2 amide bonds. The van der Waals surface area contributed by atoms with Gasteiger partial charge in [-0.1, -0.05) is 36.8 Å². The van der Waals surface area contributed by atoms with Gasteiger partial charge in [0.15, 0.2) is 0 Å². The maximum Gasteiger partial charge on any atom is 0.264 e. The summed E-state index contributed by atoms with van der Waals surface area (Å²) in [6.07, 6.45) is 0.307. The molecule has 0 aliphatic heterocycles. The Labute approximate surface area is 248 Å². The van der Waals surface area contributed by atoms with Crippen LogP contribution in [0.1, 0.15) is 52.2 Å². The van der Waals surface area contributed by atoms with Gasteiger partial charge < -0.3 is 15.0 Å². The molecule has 1 atom stereocenters. The number of aryl methyl sites for hydroxylation is 1. The van der Waals surface area contributed by atoms with Gasteiger partial charge in [0.25, 0.3) is 10.0 Å². The Balaban J connectivity index is 2.05. The lowest BCUT2D eigenvalue weighted by atomic mass is 10.1. The van der Waals surface area contributed by atoms with Crippen molar-refractivity contribution in [1.82, 2.24) is 10.2 Å². The van der Waals surface area contributed by atoms with Gasteiger partial charge in [-0.25, -0.2) is 12.8 Å². The number of nitrogens with one attached hydrogen (secondary N) is 1.